The van der Waals surface area contributed by atoms with Crippen molar-refractivity contribution in [3.8, 4) is 0 Å². The van der Waals surface area contributed by atoms with Crippen molar-refractivity contribution in [2.45, 2.75) is 19.6 Å². The highest BCUT2D eigenvalue weighted by molar-refractivity contribution is 5.38. The zero-order valence-electron chi connectivity index (χ0n) is 9.46. The Balaban J connectivity index is 2.22. The molecule has 1 rings (SSSR count). The van der Waals surface area contributed by atoms with E-state index in [1.54, 1.807) is 17.8 Å². The van der Waals surface area contributed by atoms with Crippen molar-refractivity contribution in [1.29, 1.82) is 0 Å². The van der Waals surface area contributed by atoms with Gasteiger partial charge in [-0.05, 0) is 6.92 Å². The Kier molecular flexibility index (Phi) is 5.84. The first-order valence-corrected chi connectivity index (χ1v) is 5.35. The van der Waals surface area contributed by atoms with Gasteiger partial charge in [0.1, 0.15) is 0 Å². The first kappa shape index (κ1) is 13.0. The van der Waals surface area contributed by atoms with Crippen molar-refractivity contribution in [2.75, 3.05) is 31.7 Å². The van der Waals surface area contributed by atoms with E-state index in [0.29, 0.717) is 26.3 Å². The molecule has 16 heavy (non-hydrogen) atoms. The van der Waals surface area contributed by atoms with Crippen LogP contribution in [0.2, 0.25) is 0 Å². The molecule has 6 nitrogen and oxygen atoms in total. The summed E-state index contributed by atoms with van der Waals surface area (Å²) < 4.78 is 6.87. The summed E-state index contributed by atoms with van der Waals surface area (Å²) in [5.41, 5.74) is 0.878. The van der Waals surface area contributed by atoms with Crippen LogP contribution in [-0.4, -0.2) is 52.5 Å². The van der Waals surface area contributed by atoms with Gasteiger partial charge in [-0.25, -0.2) is 0 Å². The van der Waals surface area contributed by atoms with E-state index in [9.17, 15) is 0 Å². The van der Waals surface area contributed by atoms with Gasteiger partial charge in [-0.1, -0.05) is 0 Å². The van der Waals surface area contributed by atoms with Crippen LogP contribution in [0, 0.1) is 0 Å². The second kappa shape index (κ2) is 7.21. The number of aliphatic hydroxyl groups excluding tert-OH is 2. The van der Waals surface area contributed by atoms with E-state index < -0.39 is 0 Å². The Labute approximate surface area is 94.8 Å². The smallest absolute Gasteiger partial charge is 0.0727 e. The summed E-state index contributed by atoms with van der Waals surface area (Å²) in [5.74, 6) is 0. The summed E-state index contributed by atoms with van der Waals surface area (Å²) in [6.07, 6.45) is 3.18. The first-order chi connectivity index (χ1) is 7.72. The van der Waals surface area contributed by atoms with Gasteiger partial charge >= 0.3 is 0 Å². The highest BCUT2D eigenvalue weighted by Gasteiger charge is 1.99. The Bertz CT molecular complexity index is 289. The van der Waals surface area contributed by atoms with E-state index in [2.05, 4.69) is 10.4 Å². The minimum atomic E-state index is -0.378. The molecule has 0 unspecified atom stereocenters. The molecule has 1 aromatic heterocycles. The Morgan fingerprint density at radius 1 is 1.56 bits per heavy atom. The molecule has 6 heteroatoms. The molecule has 1 heterocycles. The summed E-state index contributed by atoms with van der Waals surface area (Å²) in [6, 6.07) is 0. The van der Waals surface area contributed by atoms with Crippen LogP contribution >= 0.6 is 0 Å². The molecule has 0 bridgehead atoms. The molecule has 0 spiro atoms. The lowest BCUT2D eigenvalue weighted by Crippen LogP contribution is -2.14. The maximum Gasteiger partial charge on any atom is 0.0727 e. The van der Waals surface area contributed by atoms with Crippen LogP contribution in [0.4, 0.5) is 5.69 Å². The van der Waals surface area contributed by atoms with Crippen molar-refractivity contribution in [1.82, 2.24) is 9.78 Å². The van der Waals surface area contributed by atoms with E-state index >= 15 is 0 Å². The molecular weight excluding hydrogens is 210 g/mol. The largest absolute Gasteiger partial charge is 0.394 e. The first-order valence-electron chi connectivity index (χ1n) is 5.35. The third-order valence-corrected chi connectivity index (χ3v) is 1.94. The monoisotopic (exact) mass is 229 g/mol. The normalized spacial score (nSPS) is 12.7. The van der Waals surface area contributed by atoms with Gasteiger partial charge in [-0.2, -0.15) is 5.10 Å². The van der Waals surface area contributed by atoms with Crippen LogP contribution in [0.5, 0.6) is 0 Å². The average molecular weight is 229 g/mol. The number of hydrogen-bond donors (Lipinski definition) is 3. The summed E-state index contributed by atoms with van der Waals surface area (Å²) in [5, 5.41) is 24.8. The molecule has 0 saturated heterocycles. The third kappa shape index (κ3) is 5.11. The fraction of sp³-hybridized carbons (Fsp3) is 0.700. The molecule has 0 aliphatic carbocycles. The summed E-state index contributed by atoms with van der Waals surface area (Å²) in [6.45, 7) is 3.80. The van der Waals surface area contributed by atoms with E-state index in [1.165, 1.54) is 0 Å². The van der Waals surface area contributed by atoms with Crippen molar-refractivity contribution in [2.24, 2.45) is 0 Å². The van der Waals surface area contributed by atoms with E-state index in [-0.39, 0.29) is 12.7 Å². The molecule has 0 aromatic carbocycles. The number of nitrogens with one attached hydrogen (secondary N) is 1. The maximum absolute atomic E-state index is 9.09. The lowest BCUT2D eigenvalue weighted by Gasteiger charge is -2.05. The average Bonchev–Trinajstić information content (AvgIpc) is 2.70. The molecule has 0 amide bonds. The van der Waals surface area contributed by atoms with Gasteiger partial charge in [-0.15, -0.1) is 0 Å². The number of nitrogens with zero attached hydrogens (tertiary/aromatic N) is 2. The van der Waals surface area contributed by atoms with Crippen molar-refractivity contribution in [3.05, 3.63) is 12.4 Å². The molecular formula is C10H19N3O3. The van der Waals surface area contributed by atoms with Crippen LogP contribution in [0.15, 0.2) is 12.4 Å². The van der Waals surface area contributed by atoms with Crippen LogP contribution < -0.4 is 5.32 Å². The fourth-order valence-electron chi connectivity index (χ4n) is 1.17. The SMILES string of the molecule is C[C@H](O)CNc1cnn(CCOCCO)c1. The number of hydrogen-bond acceptors (Lipinski definition) is 5. The van der Waals surface area contributed by atoms with Gasteiger partial charge in [0.25, 0.3) is 0 Å². The van der Waals surface area contributed by atoms with Crippen LogP contribution in [0.25, 0.3) is 0 Å². The number of aromatic nitrogens is 2. The Morgan fingerprint density at radius 2 is 2.38 bits per heavy atom. The van der Waals surface area contributed by atoms with Crippen LogP contribution in [0.3, 0.4) is 0 Å². The third-order valence-electron chi connectivity index (χ3n) is 1.94. The number of rotatable bonds is 8. The Morgan fingerprint density at radius 3 is 3.06 bits per heavy atom. The highest BCUT2D eigenvalue weighted by Crippen LogP contribution is 2.04. The number of anilines is 1. The molecule has 3 N–H and O–H groups in total. The minimum absolute atomic E-state index is 0.0420. The molecule has 0 saturated carbocycles. The molecule has 0 aliphatic heterocycles. The quantitative estimate of drug-likeness (QED) is 0.533. The summed E-state index contributed by atoms with van der Waals surface area (Å²) >= 11 is 0. The topological polar surface area (TPSA) is 79.5 Å². The minimum Gasteiger partial charge on any atom is -0.394 e. The van der Waals surface area contributed by atoms with Gasteiger partial charge < -0.3 is 20.3 Å². The Hall–Kier alpha value is -1.11. The second-order valence-corrected chi connectivity index (χ2v) is 3.56. The highest BCUT2D eigenvalue weighted by atomic mass is 16.5. The van der Waals surface area contributed by atoms with Gasteiger partial charge in [0.2, 0.25) is 0 Å². The van der Waals surface area contributed by atoms with Crippen molar-refractivity contribution >= 4 is 5.69 Å². The van der Waals surface area contributed by atoms with Crippen molar-refractivity contribution in [3.63, 3.8) is 0 Å². The molecule has 1 atom stereocenters. The van der Waals surface area contributed by atoms with Crippen LogP contribution in [-0.2, 0) is 11.3 Å². The predicted molar refractivity (Wildman–Crippen MR) is 60.3 cm³/mol. The number of aliphatic hydroxyl groups is 2. The zero-order chi connectivity index (χ0) is 11.8. The molecule has 0 fully saturated rings. The van der Waals surface area contributed by atoms with Gasteiger partial charge in [0.15, 0.2) is 0 Å². The zero-order valence-corrected chi connectivity index (χ0v) is 9.46. The summed E-state index contributed by atoms with van der Waals surface area (Å²) in [4.78, 5) is 0. The van der Waals surface area contributed by atoms with Gasteiger partial charge in [-0.3, -0.25) is 4.68 Å². The lowest BCUT2D eigenvalue weighted by atomic mass is 10.4. The maximum atomic E-state index is 9.09. The standard InChI is InChI=1S/C10H19N3O3/c1-9(15)6-11-10-7-12-13(8-10)2-4-16-5-3-14/h7-9,11,14-15H,2-6H2,1H3/t9-/m0/s1. The molecule has 0 radical (unpaired) electrons. The number of ether oxygens (including phenoxy) is 1. The molecule has 1 aromatic rings. The fourth-order valence-corrected chi connectivity index (χ4v) is 1.17. The van der Waals surface area contributed by atoms with E-state index in [0.717, 1.165) is 5.69 Å². The van der Waals surface area contributed by atoms with Gasteiger partial charge in [0.05, 0.1) is 44.4 Å². The second-order valence-electron chi connectivity index (χ2n) is 3.56. The van der Waals surface area contributed by atoms with E-state index in [4.69, 9.17) is 14.9 Å². The van der Waals surface area contributed by atoms with E-state index in [1.807, 2.05) is 6.20 Å². The molecule has 0 aliphatic rings. The van der Waals surface area contributed by atoms with Crippen molar-refractivity contribution < 1.29 is 14.9 Å². The lowest BCUT2D eigenvalue weighted by molar-refractivity contribution is 0.0854. The predicted octanol–water partition coefficient (Wildman–Crippen LogP) is -0.315. The molecule has 92 valence electrons. The van der Waals surface area contributed by atoms with Crippen LogP contribution in [0.1, 0.15) is 6.92 Å². The van der Waals surface area contributed by atoms with Gasteiger partial charge in [0, 0.05) is 12.7 Å². The summed E-state index contributed by atoms with van der Waals surface area (Å²) in [7, 11) is 0.